The fourth-order valence-electron chi connectivity index (χ4n) is 2.25. The highest BCUT2D eigenvalue weighted by Crippen LogP contribution is 2.19. The van der Waals surface area contributed by atoms with Crippen molar-refractivity contribution >= 4 is 5.91 Å². The molecule has 0 aromatic rings. The molecule has 0 bridgehead atoms. The quantitative estimate of drug-likeness (QED) is 0.641. The lowest BCUT2D eigenvalue weighted by atomic mass is 9.92. The first-order valence-corrected chi connectivity index (χ1v) is 6.46. The van der Waals surface area contributed by atoms with Crippen molar-refractivity contribution < 1.29 is 9.90 Å². The highest BCUT2D eigenvalue weighted by molar-refractivity contribution is 5.76. The summed E-state index contributed by atoms with van der Waals surface area (Å²) < 4.78 is 0. The molecule has 0 aromatic carbocycles. The molecule has 0 radical (unpaired) electrons. The highest BCUT2D eigenvalue weighted by atomic mass is 16.3. The Bertz CT molecular complexity index is 241. The van der Waals surface area contributed by atoms with Crippen LogP contribution in [-0.2, 0) is 4.79 Å². The van der Waals surface area contributed by atoms with E-state index in [-0.39, 0.29) is 18.1 Å². The van der Waals surface area contributed by atoms with Gasteiger partial charge in [-0.15, -0.1) is 0 Å². The largest absolute Gasteiger partial charge is 0.392 e. The summed E-state index contributed by atoms with van der Waals surface area (Å²) in [5, 5.41) is 16.0. The fourth-order valence-corrected chi connectivity index (χ4v) is 2.25. The second kappa shape index (κ2) is 5.64. The summed E-state index contributed by atoms with van der Waals surface area (Å²) in [4.78, 5) is 11.4. The average molecular weight is 226 g/mol. The number of rotatable bonds is 5. The molecular formula is C12H22N2O2. The minimum Gasteiger partial charge on any atom is -0.392 e. The van der Waals surface area contributed by atoms with Gasteiger partial charge in [0.25, 0.3) is 0 Å². The van der Waals surface area contributed by atoms with E-state index < -0.39 is 0 Å². The van der Waals surface area contributed by atoms with Crippen molar-refractivity contribution in [1.29, 1.82) is 0 Å². The van der Waals surface area contributed by atoms with E-state index in [4.69, 9.17) is 0 Å². The van der Waals surface area contributed by atoms with Crippen LogP contribution in [0.1, 0.15) is 44.9 Å². The standard InChI is InChI=1S/C12H22N2O2/c15-11-4-2-1-3-10(11)13-8-7-12(16)14-9-5-6-9/h9-11,13,15H,1-8H2,(H,14,16)/t10-,11-/m0/s1. The molecule has 0 spiro atoms. The molecule has 92 valence electrons. The number of hydrogen-bond donors (Lipinski definition) is 3. The van der Waals surface area contributed by atoms with Crippen molar-refractivity contribution in [1.82, 2.24) is 10.6 Å². The van der Waals surface area contributed by atoms with Crippen molar-refractivity contribution in [3.8, 4) is 0 Å². The van der Waals surface area contributed by atoms with Gasteiger partial charge in [-0.3, -0.25) is 4.79 Å². The molecule has 3 N–H and O–H groups in total. The van der Waals surface area contributed by atoms with Crippen LogP contribution in [0.2, 0.25) is 0 Å². The van der Waals surface area contributed by atoms with Crippen LogP contribution in [-0.4, -0.2) is 35.7 Å². The Morgan fingerprint density at radius 2 is 1.94 bits per heavy atom. The van der Waals surface area contributed by atoms with Crippen LogP contribution < -0.4 is 10.6 Å². The summed E-state index contributed by atoms with van der Waals surface area (Å²) in [6.45, 7) is 0.681. The first kappa shape index (κ1) is 11.9. The lowest BCUT2D eigenvalue weighted by Gasteiger charge is -2.28. The van der Waals surface area contributed by atoms with E-state index in [0.717, 1.165) is 32.1 Å². The normalized spacial score (nSPS) is 30.1. The van der Waals surface area contributed by atoms with E-state index in [1.807, 2.05) is 0 Å². The minimum absolute atomic E-state index is 0.139. The van der Waals surface area contributed by atoms with E-state index in [2.05, 4.69) is 10.6 Å². The first-order chi connectivity index (χ1) is 7.75. The van der Waals surface area contributed by atoms with Crippen LogP contribution in [0.4, 0.5) is 0 Å². The molecule has 2 atom stereocenters. The van der Waals surface area contributed by atoms with Crippen LogP contribution in [0.15, 0.2) is 0 Å². The van der Waals surface area contributed by atoms with Crippen LogP contribution in [0.3, 0.4) is 0 Å². The van der Waals surface area contributed by atoms with E-state index >= 15 is 0 Å². The summed E-state index contributed by atoms with van der Waals surface area (Å²) in [7, 11) is 0. The Balaban J connectivity index is 1.57. The summed E-state index contributed by atoms with van der Waals surface area (Å²) in [6, 6.07) is 0.648. The lowest BCUT2D eigenvalue weighted by molar-refractivity contribution is -0.121. The van der Waals surface area contributed by atoms with Gasteiger partial charge in [0.15, 0.2) is 0 Å². The molecule has 4 nitrogen and oxygen atoms in total. The molecule has 2 aliphatic carbocycles. The van der Waals surface area contributed by atoms with Gasteiger partial charge in [-0.05, 0) is 25.7 Å². The van der Waals surface area contributed by atoms with Gasteiger partial charge in [-0.25, -0.2) is 0 Å². The zero-order valence-electron chi connectivity index (χ0n) is 9.74. The number of carbonyl (C=O) groups is 1. The van der Waals surface area contributed by atoms with Gasteiger partial charge in [0.1, 0.15) is 0 Å². The zero-order chi connectivity index (χ0) is 11.4. The predicted octanol–water partition coefficient (Wildman–Crippen LogP) is 0.548. The van der Waals surface area contributed by atoms with E-state index in [0.29, 0.717) is 19.0 Å². The third-order valence-electron chi connectivity index (χ3n) is 3.43. The second-order valence-electron chi connectivity index (χ2n) is 5.00. The van der Waals surface area contributed by atoms with E-state index in [9.17, 15) is 9.90 Å². The van der Waals surface area contributed by atoms with E-state index in [1.165, 1.54) is 6.42 Å². The van der Waals surface area contributed by atoms with Gasteiger partial charge in [0.05, 0.1) is 6.10 Å². The SMILES string of the molecule is O=C(CCN[C@H]1CCCC[C@@H]1O)NC1CC1. The van der Waals surface area contributed by atoms with Crippen molar-refractivity contribution in [2.24, 2.45) is 0 Å². The Kier molecular flexibility index (Phi) is 4.18. The molecule has 2 fully saturated rings. The maximum atomic E-state index is 11.4. The number of hydrogen-bond acceptors (Lipinski definition) is 3. The Morgan fingerprint density at radius 3 is 2.62 bits per heavy atom. The monoisotopic (exact) mass is 226 g/mol. The number of nitrogens with one attached hydrogen (secondary N) is 2. The van der Waals surface area contributed by atoms with Gasteiger partial charge in [0, 0.05) is 25.0 Å². The van der Waals surface area contributed by atoms with Crippen LogP contribution >= 0.6 is 0 Å². The van der Waals surface area contributed by atoms with Crippen LogP contribution in [0.25, 0.3) is 0 Å². The third kappa shape index (κ3) is 3.76. The smallest absolute Gasteiger partial charge is 0.221 e. The molecular weight excluding hydrogens is 204 g/mol. The number of aliphatic hydroxyl groups excluding tert-OH is 1. The van der Waals surface area contributed by atoms with Gasteiger partial charge >= 0.3 is 0 Å². The number of carbonyl (C=O) groups excluding carboxylic acids is 1. The Morgan fingerprint density at radius 1 is 1.19 bits per heavy atom. The van der Waals surface area contributed by atoms with E-state index in [1.54, 1.807) is 0 Å². The topological polar surface area (TPSA) is 61.4 Å². The Labute approximate surface area is 96.8 Å². The summed E-state index contributed by atoms with van der Waals surface area (Å²) in [5.41, 5.74) is 0. The molecule has 0 heterocycles. The summed E-state index contributed by atoms with van der Waals surface area (Å²) in [5.74, 6) is 0.139. The number of amides is 1. The van der Waals surface area contributed by atoms with Gasteiger partial charge in [0.2, 0.25) is 5.91 Å². The van der Waals surface area contributed by atoms with Crippen molar-refractivity contribution in [2.75, 3.05) is 6.54 Å². The summed E-state index contributed by atoms with van der Waals surface area (Å²) >= 11 is 0. The van der Waals surface area contributed by atoms with Crippen molar-refractivity contribution in [3.05, 3.63) is 0 Å². The maximum Gasteiger partial charge on any atom is 0.221 e. The van der Waals surface area contributed by atoms with Gasteiger partial charge in [-0.2, -0.15) is 0 Å². The van der Waals surface area contributed by atoms with Gasteiger partial charge in [-0.1, -0.05) is 12.8 Å². The molecule has 4 heteroatoms. The fraction of sp³-hybridized carbons (Fsp3) is 0.917. The predicted molar refractivity (Wildman–Crippen MR) is 62.0 cm³/mol. The lowest BCUT2D eigenvalue weighted by Crippen LogP contribution is -2.43. The highest BCUT2D eigenvalue weighted by Gasteiger charge is 2.24. The molecule has 0 saturated heterocycles. The molecule has 0 aromatic heterocycles. The third-order valence-corrected chi connectivity index (χ3v) is 3.43. The van der Waals surface area contributed by atoms with Gasteiger partial charge < -0.3 is 15.7 Å². The molecule has 1 amide bonds. The van der Waals surface area contributed by atoms with Crippen LogP contribution in [0, 0.1) is 0 Å². The molecule has 2 aliphatic rings. The zero-order valence-corrected chi connectivity index (χ0v) is 9.74. The molecule has 2 saturated carbocycles. The summed E-state index contributed by atoms with van der Waals surface area (Å²) in [6.07, 6.45) is 6.82. The average Bonchev–Trinajstić information content (AvgIpc) is 3.05. The van der Waals surface area contributed by atoms with Crippen molar-refractivity contribution in [3.63, 3.8) is 0 Å². The molecule has 2 rings (SSSR count). The second-order valence-corrected chi connectivity index (χ2v) is 5.00. The molecule has 0 unspecified atom stereocenters. The molecule has 0 aliphatic heterocycles. The maximum absolute atomic E-state index is 11.4. The van der Waals surface area contributed by atoms with Crippen molar-refractivity contribution in [2.45, 2.75) is 63.1 Å². The minimum atomic E-state index is -0.222. The Hall–Kier alpha value is -0.610. The molecule has 16 heavy (non-hydrogen) atoms. The first-order valence-electron chi connectivity index (χ1n) is 6.46. The van der Waals surface area contributed by atoms with Crippen LogP contribution in [0.5, 0.6) is 0 Å². The number of aliphatic hydroxyl groups is 1.